The van der Waals surface area contributed by atoms with Gasteiger partial charge in [0.05, 0.1) is 31.0 Å². The number of nitrogens with zero attached hydrogens (tertiary/aromatic N) is 2. The van der Waals surface area contributed by atoms with Crippen LogP contribution in [0.15, 0.2) is 16.8 Å². The van der Waals surface area contributed by atoms with Gasteiger partial charge in [0.1, 0.15) is 0 Å². The molecule has 6 rings (SSSR count). The van der Waals surface area contributed by atoms with E-state index in [1.54, 1.807) is 11.9 Å². The second kappa shape index (κ2) is 11.1. The first kappa shape index (κ1) is 28.8. The highest BCUT2D eigenvalue weighted by molar-refractivity contribution is 5.91. The first-order valence-corrected chi connectivity index (χ1v) is 16.0. The number of hydrogen-bond donors (Lipinski definition) is 2. The molecular formula is C32H48N4O5. The van der Waals surface area contributed by atoms with Crippen LogP contribution in [0.25, 0.3) is 0 Å². The molecule has 0 aromatic carbocycles. The third-order valence-electron chi connectivity index (χ3n) is 12.3. The molecule has 2 amide bonds. The van der Waals surface area contributed by atoms with Crippen molar-refractivity contribution in [3.8, 4) is 0 Å². The molecular weight excluding hydrogens is 520 g/mol. The van der Waals surface area contributed by atoms with Crippen LogP contribution in [0.4, 0.5) is 4.79 Å². The second-order valence-electron chi connectivity index (χ2n) is 14.2. The second-order valence-corrected chi connectivity index (χ2v) is 14.2. The number of amides is 2. The maximum atomic E-state index is 13.3. The van der Waals surface area contributed by atoms with Crippen LogP contribution >= 0.6 is 0 Å². The van der Waals surface area contributed by atoms with Crippen LogP contribution in [0.1, 0.15) is 85.0 Å². The molecule has 2 aliphatic heterocycles. The maximum absolute atomic E-state index is 13.3. The van der Waals surface area contributed by atoms with Crippen molar-refractivity contribution < 1.29 is 24.0 Å². The van der Waals surface area contributed by atoms with E-state index in [-0.39, 0.29) is 34.9 Å². The van der Waals surface area contributed by atoms with Crippen LogP contribution in [0, 0.1) is 34.5 Å². The average molecular weight is 569 g/mol. The predicted octanol–water partition coefficient (Wildman–Crippen LogP) is 4.21. The minimum atomic E-state index is -0.433. The summed E-state index contributed by atoms with van der Waals surface area (Å²) in [5.41, 5.74) is 2.68. The minimum Gasteiger partial charge on any atom is -0.377 e. The third-order valence-corrected chi connectivity index (χ3v) is 12.3. The van der Waals surface area contributed by atoms with Gasteiger partial charge in [-0.2, -0.15) is 0 Å². The van der Waals surface area contributed by atoms with Gasteiger partial charge in [-0.05, 0) is 99.4 Å². The molecule has 4 aliphatic carbocycles. The van der Waals surface area contributed by atoms with Crippen molar-refractivity contribution in [3.63, 3.8) is 0 Å². The van der Waals surface area contributed by atoms with E-state index in [2.05, 4.69) is 29.6 Å². The predicted molar refractivity (Wildman–Crippen MR) is 155 cm³/mol. The lowest BCUT2D eigenvalue weighted by Crippen LogP contribution is -2.55. The standard InChI is InChI=1S/C32H48N4O5/c1-19(35-41-30(39)36(22-17-40-18-22)16-21-6-10-28(34-21)29(38)33-4)25-8-9-26-24-7-5-20-15-23(37)11-13-31(20,2)27(24)12-14-32(25,26)3/h15,21-22,24-28,34H,5-14,16-18H2,1-4H3,(H,33,38)/b35-19+/t21?,24-,25+,26-,27-,28?,31-,32+/m0/s1. The van der Waals surface area contributed by atoms with Gasteiger partial charge >= 0.3 is 6.09 Å². The van der Waals surface area contributed by atoms with Crippen molar-refractivity contribution in [2.45, 2.75) is 103 Å². The number of oxime groups is 1. The number of allylic oxidation sites excluding steroid dienone is 1. The zero-order valence-electron chi connectivity index (χ0n) is 25.2. The number of ketones is 1. The molecule has 2 saturated heterocycles. The van der Waals surface area contributed by atoms with Gasteiger partial charge in [0.25, 0.3) is 0 Å². The van der Waals surface area contributed by atoms with E-state index < -0.39 is 6.09 Å². The number of carbonyl (C=O) groups excluding carboxylic acids is 3. The number of carbonyl (C=O) groups is 3. The highest BCUT2D eigenvalue weighted by Gasteiger charge is 2.59. The van der Waals surface area contributed by atoms with Crippen LogP contribution in [0.2, 0.25) is 0 Å². The first-order valence-electron chi connectivity index (χ1n) is 16.0. The molecule has 0 radical (unpaired) electrons. The number of rotatable bonds is 6. The van der Waals surface area contributed by atoms with Crippen LogP contribution < -0.4 is 10.6 Å². The Morgan fingerprint density at radius 1 is 1.10 bits per heavy atom. The Morgan fingerprint density at radius 2 is 1.90 bits per heavy atom. The van der Waals surface area contributed by atoms with Gasteiger partial charge in [-0.1, -0.05) is 24.6 Å². The SMILES string of the molecule is CNC(=O)C1CCC(CN(C(=O)O/N=C(\C)[C@H]2CC[C@H]3[C@@H]4CCC5=CC(=O)CC[C@]5(C)[C@H]4CC[C@]23C)C2COC2)N1. The van der Waals surface area contributed by atoms with E-state index in [0.717, 1.165) is 44.2 Å². The fourth-order valence-electron chi connectivity index (χ4n) is 9.83. The van der Waals surface area contributed by atoms with E-state index in [1.807, 2.05) is 13.0 Å². The summed E-state index contributed by atoms with van der Waals surface area (Å²) in [5.74, 6) is 2.61. The monoisotopic (exact) mass is 568 g/mol. The Bertz CT molecular complexity index is 1130. The molecule has 8 atom stereocenters. The van der Waals surface area contributed by atoms with E-state index in [0.29, 0.717) is 55.6 Å². The normalized spacial score (nSPS) is 40.5. The summed E-state index contributed by atoms with van der Waals surface area (Å²) in [6.45, 7) is 8.40. The molecule has 5 fully saturated rings. The van der Waals surface area contributed by atoms with Gasteiger partial charge in [-0.25, -0.2) is 4.79 Å². The first-order chi connectivity index (χ1) is 19.6. The topological polar surface area (TPSA) is 109 Å². The third kappa shape index (κ3) is 5.05. The molecule has 2 heterocycles. The van der Waals surface area contributed by atoms with Crippen LogP contribution in [0.5, 0.6) is 0 Å². The zero-order valence-corrected chi connectivity index (χ0v) is 25.2. The summed E-state index contributed by atoms with van der Waals surface area (Å²) < 4.78 is 5.39. The van der Waals surface area contributed by atoms with Crippen LogP contribution in [0.3, 0.4) is 0 Å². The fourth-order valence-corrected chi connectivity index (χ4v) is 9.83. The van der Waals surface area contributed by atoms with Crippen molar-refractivity contribution in [3.05, 3.63) is 11.6 Å². The lowest BCUT2D eigenvalue weighted by atomic mass is 9.46. The van der Waals surface area contributed by atoms with Crippen molar-refractivity contribution in [2.75, 3.05) is 26.8 Å². The molecule has 226 valence electrons. The summed E-state index contributed by atoms with van der Waals surface area (Å²) in [6, 6.07) is -0.207. The van der Waals surface area contributed by atoms with Crippen molar-refractivity contribution in [2.24, 2.45) is 39.7 Å². The molecule has 41 heavy (non-hydrogen) atoms. The van der Waals surface area contributed by atoms with Gasteiger partial charge in [0.15, 0.2) is 5.78 Å². The molecule has 0 aromatic heterocycles. The van der Waals surface area contributed by atoms with E-state index >= 15 is 0 Å². The highest BCUT2D eigenvalue weighted by Crippen LogP contribution is 2.66. The Balaban J connectivity index is 1.11. The van der Waals surface area contributed by atoms with E-state index in [1.165, 1.54) is 24.8 Å². The number of ether oxygens (including phenoxy) is 1. The maximum Gasteiger partial charge on any atom is 0.436 e. The van der Waals surface area contributed by atoms with Crippen molar-refractivity contribution in [1.82, 2.24) is 15.5 Å². The zero-order chi connectivity index (χ0) is 28.9. The van der Waals surface area contributed by atoms with Crippen LogP contribution in [-0.4, -0.2) is 73.3 Å². The lowest BCUT2D eigenvalue weighted by molar-refractivity contribution is -0.122. The smallest absolute Gasteiger partial charge is 0.377 e. The molecule has 2 unspecified atom stereocenters. The molecule has 0 bridgehead atoms. The van der Waals surface area contributed by atoms with Crippen LogP contribution in [-0.2, 0) is 19.2 Å². The van der Waals surface area contributed by atoms with Gasteiger partial charge in [-0.15, -0.1) is 0 Å². The fraction of sp³-hybridized carbons (Fsp3) is 0.812. The molecule has 0 aromatic rings. The van der Waals surface area contributed by atoms with Crippen molar-refractivity contribution in [1.29, 1.82) is 0 Å². The Labute approximate surface area is 244 Å². The molecule has 9 heteroatoms. The van der Waals surface area contributed by atoms with E-state index in [9.17, 15) is 14.4 Å². The molecule has 0 spiro atoms. The summed E-state index contributed by atoms with van der Waals surface area (Å²) in [4.78, 5) is 44.9. The minimum absolute atomic E-state index is 0.0145. The van der Waals surface area contributed by atoms with Gasteiger partial charge in [-0.3, -0.25) is 19.3 Å². The molecule has 3 saturated carbocycles. The molecule has 2 N–H and O–H groups in total. The molecule has 6 aliphatic rings. The van der Waals surface area contributed by atoms with Crippen molar-refractivity contribution >= 4 is 23.5 Å². The van der Waals surface area contributed by atoms with Gasteiger partial charge < -0.3 is 15.4 Å². The lowest BCUT2D eigenvalue weighted by Gasteiger charge is -2.58. The quantitative estimate of drug-likeness (QED) is 0.282. The summed E-state index contributed by atoms with van der Waals surface area (Å²) in [5, 5.41) is 10.5. The highest BCUT2D eigenvalue weighted by atomic mass is 16.7. The number of fused-ring (bicyclic) bond motifs is 5. The summed E-state index contributed by atoms with van der Waals surface area (Å²) >= 11 is 0. The summed E-state index contributed by atoms with van der Waals surface area (Å²) in [7, 11) is 1.65. The largest absolute Gasteiger partial charge is 0.436 e. The van der Waals surface area contributed by atoms with Gasteiger partial charge in [0, 0.05) is 32.0 Å². The number of hydrogen-bond acceptors (Lipinski definition) is 7. The number of likely N-dealkylation sites (N-methyl/N-ethyl adjacent to an activating group) is 1. The Kier molecular flexibility index (Phi) is 7.81. The van der Waals surface area contributed by atoms with Gasteiger partial charge in [0.2, 0.25) is 5.91 Å². The Hall–Kier alpha value is -2.26. The van der Waals surface area contributed by atoms with E-state index in [4.69, 9.17) is 9.57 Å². The average Bonchev–Trinajstić information content (AvgIpc) is 3.54. The molecule has 9 nitrogen and oxygen atoms in total. The number of nitrogens with one attached hydrogen (secondary N) is 2. The Morgan fingerprint density at radius 3 is 2.63 bits per heavy atom. The summed E-state index contributed by atoms with van der Waals surface area (Å²) in [6.07, 6.45) is 11.7.